The van der Waals surface area contributed by atoms with Crippen molar-refractivity contribution in [2.24, 2.45) is 0 Å². The van der Waals surface area contributed by atoms with Crippen molar-refractivity contribution >= 4 is 17.5 Å². The minimum Gasteiger partial charge on any atom is -0.396 e. The van der Waals surface area contributed by atoms with Gasteiger partial charge in [-0.25, -0.2) is 9.97 Å². The smallest absolute Gasteiger partial charge is 0.258 e. The summed E-state index contributed by atoms with van der Waals surface area (Å²) in [7, 11) is 0. The number of nitrogen functional groups attached to an aromatic ring is 1. The van der Waals surface area contributed by atoms with E-state index in [1.807, 2.05) is 12.1 Å². The second kappa shape index (κ2) is 6.56. The van der Waals surface area contributed by atoms with Gasteiger partial charge in [0.25, 0.3) is 5.91 Å². The molecule has 1 aliphatic carbocycles. The standard InChI is InChI=1S/C17H20N4O/c18-15-10-19-17(20-11-15)21-16(22)14-8-6-13(7-9-14)12-4-2-1-3-5-12/h6-12H,1-5,18H2,(H,19,20,21,22). The van der Waals surface area contributed by atoms with Gasteiger partial charge in [-0.15, -0.1) is 0 Å². The molecular formula is C17H20N4O. The van der Waals surface area contributed by atoms with E-state index in [0.29, 0.717) is 17.2 Å². The molecule has 1 fully saturated rings. The summed E-state index contributed by atoms with van der Waals surface area (Å²) in [6, 6.07) is 7.87. The third-order valence-electron chi connectivity index (χ3n) is 4.15. The maximum Gasteiger partial charge on any atom is 0.258 e. The maximum atomic E-state index is 12.2. The Bertz CT molecular complexity index is 631. The highest BCUT2D eigenvalue weighted by molar-refractivity contribution is 6.03. The van der Waals surface area contributed by atoms with Crippen molar-refractivity contribution in [3.8, 4) is 0 Å². The Labute approximate surface area is 130 Å². The summed E-state index contributed by atoms with van der Waals surface area (Å²) in [6.45, 7) is 0. The van der Waals surface area contributed by atoms with Crippen LogP contribution in [0.4, 0.5) is 11.6 Å². The van der Waals surface area contributed by atoms with Crippen LogP contribution >= 0.6 is 0 Å². The molecule has 1 aliphatic rings. The second-order valence-electron chi connectivity index (χ2n) is 5.75. The molecule has 22 heavy (non-hydrogen) atoms. The first kappa shape index (κ1) is 14.5. The van der Waals surface area contributed by atoms with E-state index in [9.17, 15) is 4.79 Å². The lowest BCUT2D eigenvalue weighted by Gasteiger charge is -2.22. The van der Waals surface area contributed by atoms with Gasteiger partial charge in [-0.3, -0.25) is 10.1 Å². The van der Waals surface area contributed by atoms with E-state index in [2.05, 4.69) is 27.4 Å². The van der Waals surface area contributed by atoms with Crippen LogP contribution in [0.15, 0.2) is 36.7 Å². The largest absolute Gasteiger partial charge is 0.396 e. The van der Waals surface area contributed by atoms with Gasteiger partial charge >= 0.3 is 0 Å². The van der Waals surface area contributed by atoms with Gasteiger partial charge in [0, 0.05) is 5.56 Å². The van der Waals surface area contributed by atoms with E-state index in [4.69, 9.17) is 5.73 Å². The highest BCUT2D eigenvalue weighted by Crippen LogP contribution is 2.32. The molecule has 0 radical (unpaired) electrons. The predicted octanol–water partition coefficient (Wildman–Crippen LogP) is 3.36. The van der Waals surface area contributed by atoms with Crippen molar-refractivity contribution in [2.45, 2.75) is 38.0 Å². The summed E-state index contributed by atoms with van der Waals surface area (Å²) in [5, 5.41) is 2.67. The molecule has 3 N–H and O–H groups in total. The third kappa shape index (κ3) is 3.42. The van der Waals surface area contributed by atoms with Gasteiger partial charge in [0.1, 0.15) is 0 Å². The van der Waals surface area contributed by atoms with Crippen LogP contribution in [0, 0.1) is 0 Å². The number of aromatic nitrogens is 2. The number of benzene rings is 1. The van der Waals surface area contributed by atoms with Crippen LogP contribution in [0.1, 0.15) is 53.9 Å². The van der Waals surface area contributed by atoms with Gasteiger partial charge in [0.05, 0.1) is 18.1 Å². The lowest BCUT2D eigenvalue weighted by Crippen LogP contribution is -2.14. The van der Waals surface area contributed by atoms with Gasteiger partial charge in [-0.05, 0) is 36.5 Å². The zero-order chi connectivity index (χ0) is 15.4. The Balaban J connectivity index is 1.66. The summed E-state index contributed by atoms with van der Waals surface area (Å²) in [5.74, 6) is 0.696. The molecule has 114 valence electrons. The number of hydrogen-bond donors (Lipinski definition) is 2. The number of amides is 1. The zero-order valence-corrected chi connectivity index (χ0v) is 12.5. The van der Waals surface area contributed by atoms with Crippen molar-refractivity contribution in [1.29, 1.82) is 0 Å². The molecule has 1 amide bonds. The average molecular weight is 296 g/mol. The van der Waals surface area contributed by atoms with Crippen LogP contribution in [-0.2, 0) is 0 Å². The Morgan fingerprint density at radius 2 is 1.68 bits per heavy atom. The van der Waals surface area contributed by atoms with Crippen molar-refractivity contribution in [2.75, 3.05) is 11.1 Å². The van der Waals surface area contributed by atoms with Gasteiger partial charge < -0.3 is 5.73 Å². The van der Waals surface area contributed by atoms with Crippen molar-refractivity contribution in [3.63, 3.8) is 0 Å². The number of carbonyl (C=O) groups is 1. The first-order valence-electron chi connectivity index (χ1n) is 7.71. The molecule has 0 bridgehead atoms. The summed E-state index contributed by atoms with van der Waals surface area (Å²) >= 11 is 0. The van der Waals surface area contributed by atoms with Gasteiger partial charge in [-0.1, -0.05) is 31.4 Å². The van der Waals surface area contributed by atoms with Crippen LogP contribution in [-0.4, -0.2) is 15.9 Å². The molecule has 3 rings (SSSR count). The number of nitrogens with one attached hydrogen (secondary N) is 1. The summed E-state index contributed by atoms with van der Waals surface area (Å²) in [4.78, 5) is 20.1. The van der Waals surface area contributed by atoms with Crippen LogP contribution in [0.5, 0.6) is 0 Å². The topological polar surface area (TPSA) is 80.9 Å². The lowest BCUT2D eigenvalue weighted by molar-refractivity contribution is 0.102. The molecule has 0 saturated heterocycles. The van der Waals surface area contributed by atoms with E-state index >= 15 is 0 Å². The fourth-order valence-electron chi connectivity index (χ4n) is 2.92. The van der Waals surface area contributed by atoms with Gasteiger partial charge in [0.15, 0.2) is 0 Å². The molecular weight excluding hydrogens is 276 g/mol. The quantitative estimate of drug-likeness (QED) is 0.910. The van der Waals surface area contributed by atoms with Crippen LogP contribution < -0.4 is 11.1 Å². The van der Waals surface area contributed by atoms with Gasteiger partial charge in [0.2, 0.25) is 5.95 Å². The van der Waals surface area contributed by atoms with Crippen LogP contribution in [0.2, 0.25) is 0 Å². The lowest BCUT2D eigenvalue weighted by atomic mass is 9.84. The number of nitrogens with zero attached hydrogens (tertiary/aromatic N) is 2. The fraction of sp³-hybridized carbons (Fsp3) is 0.353. The van der Waals surface area contributed by atoms with E-state index in [1.165, 1.54) is 50.1 Å². The summed E-state index contributed by atoms with van der Waals surface area (Å²) in [6.07, 6.45) is 9.40. The first-order valence-corrected chi connectivity index (χ1v) is 7.71. The molecule has 0 aliphatic heterocycles. The molecule has 1 aromatic carbocycles. The van der Waals surface area contributed by atoms with Crippen molar-refractivity contribution < 1.29 is 4.79 Å². The maximum absolute atomic E-state index is 12.2. The average Bonchev–Trinajstić information content (AvgIpc) is 2.58. The second-order valence-corrected chi connectivity index (χ2v) is 5.75. The van der Waals surface area contributed by atoms with E-state index in [1.54, 1.807) is 0 Å². The molecule has 5 nitrogen and oxygen atoms in total. The Kier molecular flexibility index (Phi) is 4.32. The first-order chi connectivity index (χ1) is 10.7. The minimum atomic E-state index is -0.208. The van der Waals surface area contributed by atoms with Crippen molar-refractivity contribution in [3.05, 3.63) is 47.8 Å². The number of nitrogens with two attached hydrogens (primary N) is 1. The normalized spacial score (nSPS) is 15.5. The highest BCUT2D eigenvalue weighted by Gasteiger charge is 2.16. The third-order valence-corrected chi connectivity index (χ3v) is 4.15. The molecule has 0 spiro atoms. The van der Waals surface area contributed by atoms with Crippen LogP contribution in [0.3, 0.4) is 0 Å². The Morgan fingerprint density at radius 3 is 2.32 bits per heavy atom. The Morgan fingerprint density at radius 1 is 1.05 bits per heavy atom. The Hall–Kier alpha value is -2.43. The molecule has 1 heterocycles. The minimum absolute atomic E-state index is 0.208. The zero-order valence-electron chi connectivity index (χ0n) is 12.5. The number of carbonyl (C=O) groups excluding carboxylic acids is 1. The van der Waals surface area contributed by atoms with E-state index < -0.39 is 0 Å². The molecule has 1 saturated carbocycles. The van der Waals surface area contributed by atoms with Gasteiger partial charge in [-0.2, -0.15) is 0 Å². The fourth-order valence-corrected chi connectivity index (χ4v) is 2.92. The molecule has 5 heteroatoms. The van der Waals surface area contributed by atoms with Crippen molar-refractivity contribution in [1.82, 2.24) is 9.97 Å². The summed E-state index contributed by atoms with van der Waals surface area (Å²) < 4.78 is 0. The molecule has 2 aromatic rings. The predicted molar refractivity (Wildman–Crippen MR) is 86.7 cm³/mol. The number of anilines is 2. The number of hydrogen-bond acceptors (Lipinski definition) is 4. The number of rotatable bonds is 3. The monoisotopic (exact) mass is 296 g/mol. The van der Waals surface area contributed by atoms with Crippen LogP contribution in [0.25, 0.3) is 0 Å². The van der Waals surface area contributed by atoms with E-state index in [0.717, 1.165) is 0 Å². The summed E-state index contributed by atoms with van der Waals surface area (Å²) in [5.41, 5.74) is 7.93. The SMILES string of the molecule is Nc1cnc(NC(=O)c2ccc(C3CCCCC3)cc2)nc1. The molecule has 0 atom stereocenters. The molecule has 0 unspecified atom stereocenters. The van der Waals surface area contributed by atoms with E-state index in [-0.39, 0.29) is 11.9 Å². The highest BCUT2D eigenvalue weighted by atomic mass is 16.1. The molecule has 1 aromatic heterocycles.